The Labute approximate surface area is 113 Å². The summed E-state index contributed by atoms with van der Waals surface area (Å²) in [5.74, 6) is -0.493. The summed E-state index contributed by atoms with van der Waals surface area (Å²) in [5, 5.41) is 3.30. The Morgan fingerprint density at radius 1 is 1.39 bits per heavy atom. The Bertz CT molecular complexity index is 419. The van der Waals surface area contributed by atoms with Crippen molar-refractivity contribution in [3.8, 4) is 0 Å². The molecule has 0 heterocycles. The minimum atomic E-state index is -0.493. The lowest BCUT2D eigenvalue weighted by molar-refractivity contribution is 0.254. The number of benzene rings is 1. The number of nitrogens with one attached hydrogen (secondary N) is 1. The Kier molecular flexibility index (Phi) is 4.82. The van der Waals surface area contributed by atoms with Crippen molar-refractivity contribution >= 4 is 23.0 Å². The van der Waals surface area contributed by atoms with Crippen LogP contribution < -0.4 is 11.1 Å². The van der Waals surface area contributed by atoms with Gasteiger partial charge in [-0.2, -0.15) is 0 Å². The van der Waals surface area contributed by atoms with Gasteiger partial charge in [0.2, 0.25) is 0 Å². The van der Waals surface area contributed by atoms with E-state index >= 15 is 0 Å². The second-order valence-electron chi connectivity index (χ2n) is 5.61. The molecule has 0 aliphatic carbocycles. The fourth-order valence-electron chi connectivity index (χ4n) is 1.96. The van der Waals surface area contributed by atoms with Gasteiger partial charge in [0, 0.05) is 19.2 Å². The molecule has 102 valence electrons. The minimum Gasteiger partial charge on any atom is -0.397 e. The molecule has 3 N–H and O–H groups in total. The number of halogens is 2. The molecular weight excluding hydrogens is 253 g/mol. The van der Waals surface area contributed by atoms with E-state index in [0.717, 1.165) is 13.1 Å². The summed E-state index contributed by atoms with van der Waals surface area (Å²) in [6, 6.07) is 2.77. The van der Waals surface area contributed by atoms with Crippen LogP contribution in [0, 0.1) is 11.2 Å². The van der Waals surface area contributed by atoms with Crippen molar-refractivity contribution < 1.29 is 4.39 Å². The van der Waals surface area contributed by atoms with Crippen molar-refractivity contribution in [2.75, 3.05) is 38.2 Å². The third-order valence-corrected chi connectivity index (χ3v) is 2.88. The van der Waals surface area contributed by atoms with Gasteiger partial charge in [-0.25, -0.2) is 4.39 Å². The van der Waals surface area contributed by atoms with Crippen LogP contribution in [0.25, 0.3) is 0 Å². The van der Waals surface area contributed by atoms with Gasteiger partial charge >= 0.3 is 0 Å². The topological polar surface area (TPSA) is 41.3 Å². The van der Waals surface area contributed by atoms with E-state index in [1.165, 1.54) is 12.1 Å². The Morgan fingerprint density at radius 2 is 2.00 bits per heavy atom. The first-order chi connectivity index (χ1) is 8.21. The van der Waals surface area contributed by atoms with Crippen LogP contribution in [0.15, 0.2) is 12.1 Å². The lowest BCUT2D eigenvalue weighted by Crippen LogP contribution is -2.34. The average Bonchev–Trinajstić information content (AvgIpc) is 2.19. The molecule has 0 radical (unpaired) electrons. The molecule has 0 aromatic heterocycles. The fraction of sp³-hybridized carbons (Fsp3) is 0.538. The molecule has 0 aliphatic heterocycles. The van der Waals surface area contributed by atoms with Crippen molar-refractivity contribution in [3.05, 3.63) is 23.0 Å². The molecule has 0 unspecified atom stereocenters. The van der Waals surface area contributed by atoms with Crippen LogP contribution in [0.1, 0.15) is 13.8 Å². The van der Waals surface area contributed by atoms with Crippen LogP contribution in [0.4, 0.5) is 15.8 Å². The molecule has 1 aromatic rings. The molecule has 0 saturated heterocycles. The van der Waals surface area contributed by atoms with E-state index in [9.17, 15) is 4.39 Å². The van der Waals surface area contributed by atoms with Gasteiger partial charge in [0.05, 0.1) is 16.4 Å². The normalized spacial score (nSPS) is 11.9. The second kappa shape index (κ2) is 5.76. The number of nitrogens with two attached hydrogens (primary N) is 1. The van der Waals surface area contributed by atoms with E-state index in [1.807, 2.05) is 14.1 Å². The maximum atomic E-state index is 13.2. The van der Waals surface area contributed by atoms with Crippen LogP contribution in [-0.4, -0.2) is 32.1 Å². The number of hydrogen-bond acceptors (Lipinski definition) is 3. The zero-order valence-corrected chi connectivity index (χ0v) is 12.1. The monoisotopic (exact) mass is 273 g/mol. The van der Waals surface area contributed by atoms with Crippen molar-refractivity contribution in [2.24, 2.45) is 5.41 Å². The molecular formula is C13H21ClFN3. The first kappa shape index (κ1) is 15.1. The van der Waals surface area contributed by atoms with Gasteiger partial charge < -0.3 is 16.0 Å². The number of nitrogens with zero attached hydrogens (tertiary/aromatic N) is 1. The third-order valence-electron chi connectivity index (χ3n) is 2.59. The SMILES string of the molecule is CN(C)CC(C)(C)CNc1cc(Cl)c(F)cc1N. The molecule has 0 atom stereocenters. The van der Waals surface area contributed by atoms with E-state index in [2.05, 4.69) is 24.1 Å². The maximum Gasteiger partial charge on any atom is 0.143 e. The van der Waals surface area contributed by atoms with E-state index in [4.69, 9.17) is 17.3 Å². The summed E-state index contributed by atoms with van der Waals surface area (Å²) < 4.78 is 13.2. The third kappa shape index (κ3) is 4.35. The largest absolute Gasteiger partial charge is 0.397 e. The van der Waals surface area contributed by atoms with Gasteiger partial charge in [-0.05, 0) is 25.6 Å². The molecule has 0 spiro atoms. The minimum absolute atomic E-state index is 0.0802. The van der Waals surface area contributed by atoms with E-state index in [-0.39, 0.29) is 10.4 Å². The van der Waals surface area contributed by atoms with Crippen molar-refractivity contribution in [1.29, 1.82) is 0 Å². The number of rotatable bonds is 5. The predicted octanol–water partition coefficient (Wildman–Crippen LogP) is 3.06. The molecule has 3 nitrogen and oxygen atoms in total. The van der Waals surface area contributed by atoms with E-state index in [0.29, 0.717) is 11.4 Å². The maximum absolute atomic E-state index is 13.2. The lowest BCUT2D eigenvalue weighted by atomic mass is 9.93. The van der Waals surface area contributed by atoms with Crippen molar-refractivity contribution in [1.82, 2.24) is 4.90 Å². The van der Waals surface area contributed by atoms with Crippen LogP contribution in [-0.2, 0) is 0 Å². The predicted molar refractivity (Wildman–Crippen MR) is 76.6 cm³/mol. The van der Waals surface area contributed by atoms with Gasteiger partial charge in [-0.15, -0.1) is 0 Å². The number of anilines is 2. The number of nitrogen functional groups attached to an aromatic ring is 1. The molecule has 0 saturated carbocycles. The van der Waals surface area contributed by atoms with Crippen molar-refractivity contribution in [3.63, 3.8) is 0 Å². The first-order valence-corrected chi connectivity index (χ1v) is 6.22. The zero-order chi connectivity index (χ0) is 13.9. The molecule has 0 bridgehead atoms. The van der Waals surface area contributed by atoms with Gasteiger partial charge in [0.15, 0.2) is 0 Å². The van der Waals surface area contributed by atoms with Crippen LogP contribution in [0.3, 0.4) is 0 Å². The summed E-state index contributed by atoms with van der Waals surface area (Å²) in [6.45, 7) is 5.98. The van der Waals surface area contributed by atoms with Crippen LogP contribution >= 0.6 is 11.6 Å². The van der Waals surface area contributed by atoms with Gasteiger partial charge in [0.25, 0.3) is 0 Å². The highest BCUT2D eigenvalue weighted by Crippen LogP contribution is 2.27. The standard InChI is InChI=1S/C13H21ClFN3/c1-13(2,8-18(3)4)7-17-12-5-9(14)10(15)6-11(12)16/h5-6,17H,7-8,16H2,1-4H3. The highest BCUT2D eigenvalue weighted by atomic mass is 35.5. The lowest BCUT2D eigenvalue weighted by Gasteiger charge is -2.29. The van der Waals surface area contributed by atoms with E-state index < -0.39 is 5.82 Å². The number of hydrogen-bond donors (Lipinski definition) is 2. The highest BCUT2D eigenvalue weighted by Gasteiger charge is 2.19. The van der Waals surface area contributed by atoms with E-state index in [1.54, 1.807) is 0 Å². The molecule has 1 rings (SSSR count). The molecule has 18 heavy (non-hydrogen) atoms. The molecule has 5 heteroatoms. The second-order valence-corrected chi connectivity index (χ2v) is 6.02. The highest BCUT2D eigenvalue weighted by molar-refractivity contribution is 6.31. The Morgan fingerprint density at radius 3 is 2.56 bits per heavy atom. The van der Waals surface area contributed by atoms with Gasteiger partial charge in [-0.3, -0.25) is 0 Å². The molecule has 0 fully saturated rings. The smallest absolute Gasteiger partial charge is 0.143 e. The molecule has 1 aromatic carbocycles. The summed E-state index contributed by atoms with van der Waals surface area (Å²) in [7, 11) is 4.07. The first-order valence-electron chi connectivity index (χ1n) is 5.84. The Balaban J connectivity index is 2.72. The summed E-state index contributed by atoms with van der Waals surface area (Å²) >= 11 is 5.74. The molecule has 0 amide bonds. The summed E-state index contributed by atoms with van der Waals surface area (Å²) in [5.41, 5.74) is 6.88. The zero-order valence-electron chi connectivity index (χ0n) is 11.3. The summed E-state index contributed by atoms with van der Waals surface area (Å²) in [4.78, 5) is 2.13. The van der Waals surface area contributed by atoms with Crippen molar-refractivity contribution in [2.45, 2.75) is 13.8 Å². The van der Waals surface area contributed by atoms with Gasteiger partial charge in [-0.1, -0.05) is 25.4 Å². The summed E-state index contributed by atoms with van der Waals surface area (Å²) in [6.07, 6.45) is 0. The average molecular weight is 274 g/mol. The molecule has 0 aliphatic rings. The van der Waals surface area contributed by atoms with Crippen LogP contribution in [0.5, 0.6) is 0 Å². The van der Waals surface area contributed by atoms with Gasteiger partial charge in [0.1, 0.15) is 5.82 Å². The Hall–Kier alpha value is -1.00. The quantitative estimate of drug-likeness (QED) is 0.810. The fourth-order valence-corrected chi connectivity index (χ4v) is 2.13. The van der Waals surface area contributed by atoms with Crippen LogP contribution in [0.2, 0.25) is 5.02 Å².